The number of nitrogens with two attached hydrogens (primary N) is 1. The number of benzene rings is 1. The van der Waals surface area contributed by atoms with E-state index in [-0.39, 0.29) is 0 Å². The van der Waals surface area contributed by atoms with Crippen molar-refractivity contribution in [3.05, 3.63) is 34.1 Å². The normalized spacial score (nSPS) is 14.4. The van der Waals surface area contributed by atoms with Crippen LogP contribution in [0, 0.1) is 0 Å². The summed E-state index contributed by atoms with van der Waals surface area (Å²) in [6.07, 6.45) is 1.71. The molecule has 1 atom stereocenters. The Morgan fingerprint density at radius 1 is 1.26 bits per heavy atom. The van der Waals surface area contributed by atoms with Gasteiger partial charge < -0.3 is 10.3 Å². The first-order valence-corrected chi connectivity index (χ1v) is 6.77. The van der Waals surface area contributed by atoms with Crippen molar-refractivity contribution in [2.45, 2.75) is 32.2 Å². The molecule has 2 rings (SSSR count). The van der Waals surface area contributed by atoms with Crippen molar-refractivity contribution in [1.82, 2.24) is 10.1 Å². The van der Waals surface area contributed by atoms with Crippen LogP contribution in [0.15, 0.2) is 22.7 Å². The molecule has 6 heteroatoms. The van der Waals surface area contributed by atoms with Crippen molar-refractivity contribution >= 4 is 23.2 Å². The monoisotopic (exact) mass is 299 g/mol. The van der Waals surface area contributed by atoms with E-state index < -0.39 is 5.54 Å². The fourth-order valence-electron chi connectivity index (χ4n) is 1.88. The van der Waals surface area contributed by atoms with Crippen molar-refractivity contribution in [3.63, 3.8) is 0 Å². The van der Waals surface area contributed by atoms with Crippen LogP contribution < -0.4 is 5.73 Å². The van der Waals surface area contributed by atoms with E-state index >= 15 is 0 Å². The second kappa shape index (κ2) is 5.49. The van der Waals surface area contributed by atoms with Crippen LogP contribution in [0.25, 0.3) is 11.4 Å². The summed E-state index contributed by atoms with van der Waals surface area (Å²) < 4.78 is 5.24. The molecule has 0 fully saturated rings. The van der Waals surface area contributed by atoms with Gasteiger partial charge in [0.2, 0.25) is 11.7 Å². The van der Waals surface area contributed by atoms with Crippen molar-refractivity contribution in [2.24, 2.45) is 5.73 Å². The first-order valence-electron chi connectivity index (χ1n) is 6.02. The van der Waals surface area contributed by atoms with Crippen LogP contribution in [-0.4, -0.2) is 10.1 Å². The van der Waals surface area contributed by atoms with Gasteiger partial charge in [0.15, 0.2) is 0 Å². The minimum Gasteiger partial charge on any atom is -0.337 e. The average Bonchev–Trinajstić information content (AvgIpc) is 2.77. The molecule has 0 saturated heterocycles. The third-order valence-corrected chi connectivity index (χ3v) is 3.24. The quantitative estimate of drug-likeness (QED) is 0.926. The number of nitrogens with zero attached hydrogens (tertiary/aromatic N) is 2. The first kappa shape index (κ1) is 14.3. The summed E-state index contributed by atoms with van der Waals surface area (Å²) in [6.45, 7) is 3.93. The van der Waals surface area contributed by atoms with Crippen LogP contribution in [0.4, 0.5) is 0 Å². The molecule has 1 aromatic heterocycles. The minimum atomic E-state index is -0.623. The van der Waals surface area contributed by atoms with Gasteiger partial charge in [-0.25, -0.2) is 0 Å². The maximum absolute atomic E-state index is 6.15. The van der Waals surface area contributed by atoms with E-state index in [1.165, 1.54) is 0 Å². The van der Waals surface area contributed by atoms with E-state index in [1.54, 1.807) is 18.2 Å². The molecule has 0 aliphatic carbocycles. The summed E-state index contributed by atoms with van der Waals surface area (Å²) >= 11 is 11.9. The summed E-state index contributed by atoms with van der Waals surface area (Å²) in [5.41, 5.74) is 6.24. The highest BCUT2D eigenvalue weighted by molar-refractivity contribution is 6.35. The summed E-state index contributed by atoms with van der Waals surface area (Å²) in [5.74, 6) is 0.854. The second-order valence-electron chi connectivity index (χ2n) is 4.75. The lowest BCUT2D eigenvalue weighted by Gasteiger charge is -2.18. The summed E-state index contributed by atoms with van der Waals surface area (Å²) in [6, 6.07) is 5.11. The number of rotatable bonds is 4. The lowest BCUT2D eigenvalue weighted by atomic mass is 9.98. The molecule has 0 spiro atoms. The maximum Gasteiger partial charge on any atom is 0.246 e. The van der Waals surface area contributed by atoms with Gasteiger partial charge in [0, 0.05) is 15.6 Å². The third kappa shape index (κ3) is 3.26. The standard InChI is InChI=1S/C13H15Cl2N3O/c1-3-4-13(2,16)12-17-11(18-19-12)8-5-9(14)7-10(15)6-8/h5-7H,3-4,16H2,1-2H3. The van der Waals surface area contributed by atoms with Crippen molar-refractivity contribution < 1.29 is 4.52 Å². The molecule has 1 heterocycles. The van der Waals surface area contributed by atoms with Gasteiger partial charge in [0.25, 0.3) is 0 Å². The van der Waals surface area contributed by atoms with Gasteiger partial charge in [0.05, 0.1) is 5.54 Å². The van der Waals surface area contributed by atoms with Crippen LogP contribution in [0.1, 0.15) is 32.6 Å². The molecular weight excluding hydrogens is 285 g/mol. The van der Waals surface area contributed by atoms with Crippen molar-refractivity contribution in [2.75, 3.05) is 0 Å². The average molecular weight is 300 g/mol. The largest absolute Gasteiger partial charge is 0.337 e. The van der Waals surface area contributed by atoms with Crippen LogP contribution >= 0.6 is 23.2 Å². The number of aromatic nitrogens is 2. The molecule has 2 N–H and O–H groups in total. The Labute approximate surface area is 121 Å². The molecule has 0 bridgehead atoms. The van der Waals surface area contributed by atoms with Gasteiger partial charge in [-0.1, -0.05) is 41.7 Å². The smallest absolute Gasteiger partial charge is 0.246 e. The lowest BCUT2D eigenvalue weighted by Crippen LogP contribution is -2.33. The zero-order chi connectivity index (χ0) is 14.0. The molecule has 102 valence electrons. The summed E-state index contributed by atoms with van der Waals surface area (Å²) in [5, 5.41) is 4.99. The van der Waals surface area contributed by atoms with E-state index in [4.69, 9.17) is 33.5 Å². The molecule has 0 aliphatic rings. The zero-order valence-corrected chi connectivity index (χ0v) is 12.3. The molecule has 2 aromatic rings. The van der Waals surface area contributed by atoms with E-state index in [0.717, 1.165) is 12.8 Å². The van der Waals surface area contributed by atoms with Gasteiger partial charge >= 0.3 is 0 Å². The lowest BCUT2D eigenvalue weighted by molar-refractivity contribution is 0.284. The number of hydrogen-bond donors (Lipinski definition) is 1. The van der Waals surface area contributed by atoms with Crippen LogP contribution in [-0.2, 0) is 5.54 Å². The maximum atomic E-state index is 6.15. The Hall–Kier alpha value is -1.10. The predicted octanol–water partition coefficient (Wildman–Crippen LogP) is 4.02. The summed E-state index contributed by atoms with van der Waals surface area (Å²) in [7, 11) is 0. The zero-order valence-electron chi connectivity index (χ0n) is 10.8. The minimum absolute atomic E-state index is 0.417. The SMILES string of the molecule is CCCC(C)(N)c1nc(-c2cc(Cl)cc(Cl)c2)no1. The summed E-state index contributed by atoms with van der Waals surface area (Å²) in [4.78, 5) is 4.33. The Kier molecular flexibility index (Phi) is 4.13. The van der Waals surface area contributed by atoms with Gasteiger partial charge in [-0.15, -0.1) is 0 Å². The van der Waals surface area contributed by atoms with E-state index in [1.807, 2.05) is 6.92 Å². The molecule has 0 aliphatic heterocycles. The highest BCUT2D eigenvalue weighted by atomic mass is 35.5. The van der Waals surface area contributed by atoms with Gasteiger partial charge in [-0.3, -0.25) is 0 Å². The van der Waals surface area contributed by atoms with Crippen LogP contribution in [0.2, 0.25) is 10.0 Å². The molecule has 0 radical (unpaired) electrons. The van der Waals surface area contributed by atoms with Gasteiger partial charge in [-0.2, -0.15) is 4.98 Å². The highest BCUT2D eigenvalue weighted by Crippen LogP contribution is 2.28. The van der Waals surface area contributed by atoms with Gasteiger partial charge in [-0.05, 0) is 31.5 Å². The Bertz CT molecular complexity index is 561. The Balaban J connectivity index is 2.35. The van der Waals surface area contributed by atoms with Crippen molar-refractivity contribution in [3.8, 4) is 11.4 Å². The van der Waals surface area contributed by atoms with Crippen LogP contribution in [0.3, 0.4) is 0 Å². The molecule has 1 aromatic carbocycles. The van der Waals surface area contributed by atoms with E-state index in [9.17, 15) is 0 Å². The Morgan fingerprint density at radius 3 is 2.47 bits per heavy atom. The van der Waals surface area contributed by atoms with Crippen LogP contribution in [0.5, 0.6) is 0 Å². The molecule has 19 heavy (non-hydrogen) atoms. The number of halogens is 2. The second-order valence-corrected chi connectivity index (χ2v) is 5.62. The van der Waals surface area contributed by atoms with E-state index in [2.05, 4.69) is 17.1 Å². The topological polar surface area (TPSA) is 64.9 Å². The van der Waals surface area contributed by atoms with E-state index in [0.29, 0.717) is 27.3 Å². The van der Waals surface area contributed by atoms with Gasteiger partial charge in [0.1, 0.15) is 0 Å². The molecule has 4 nitrogen and oxygen atoms in total. The molecule has 0 saturated carbocycles. The molecule has 0 amide bonds. The predicted molar refractivity (Wildman–Crippen MR) is 76.2 cm³/mol. The highest BCUT2D eigenvalue weighted by Gasteiger charge is 2.27. The third-order valence-electron chi connectivity index (χ3n) is 2.80. The van der Waals surface area contributed by atoms with Crippen molar-refractivity contribution in [1.29, 1.82) is 0 Å². The fourth-order valence-corrected chi connectivity index (χ4v) is 2.41. The fraction of sp³-hybridized carbons (Fsp3) is 0.385. The molecular formula is C13H15Cl2N3O. The Morgan fingerprint density at radius 2 is 1.89 bits per heavy atom. The first-order chi connectivity index (χ1) is 8.92. The molecule has 1 unspecified atom stereocenters. The number of hydrogen-bond acceptors (Lipinski definition) is 4.